The summed E-state index contributed by atoms with van der Waals surface area (Å²) in [5, 5.41) is 13.0. The highest BCUT2D eigenvalue weighted by molar-refractivity contribution is 5.85. The molecular weight excluding hydrogens is 235 g/mol. The Bertz CT molecular complexity index is 166. The molecule has 0 radical (unpaired) electrons. The average molecular weight is 257 g/mol. The molecule has 3 nitrogen and oxygen atoms in total. The van der Waals surface area contributed by atoms with Gasteiger partial charge in [-0.1, -0.05) is 0 Å². The number of aliphatic hydroxyl groups is 1. The van der Waals surface area contributed by atoms with Crippen molar-refractivity contribution in [3.05, 3.63) is 0 Å². The van der Waals surface area contributed by atoms with Crippen LogP contribution in [0.15, 0.2) is 0 Å². The van der Waals surface area contributed by atoms with Gasteiger partial charge in [0.25, 0.3) is 0 Å². The van der Waals surface area contributed by atoms with Crippen LogP contribution >= 0.6 is 24.8 Å². The molecule has 2 aliphatic heterocycles. The number of hydrogen-bond donors (Lipinski definition) is 2. The monoisotopic (exact) mass is 256 g/mol. The summed E-state index contributed by atoms with van der Waals surface area (Å²) in [7, 11) is 0. The molecule has 2 N–H and O–H groups in total. The van der Waals surface area contributed by atoms with Gasteiger partial charge in [0, 0.05) is 19.1 Å². The third-order valence-corrected chi connectivity index (χ3v) is 3.22. The molecular formula is C10H22Cl2N2O. The number of halogens is 2. The van der Waals surface area contributed by atoms with E-state index < -0.39 is 0 Å². The molecule has 2 rings (SSSR count). The summed E-state index contributed by atoms with van der Waals surface area (Å²) < 4.78 is 0. The van der Waals surface area contributed by atoms with E-state index in [4.69, 9.17) is 0 Å². The first-order valence-corrected chi connectivity index (χ1v) is 5.49. The highest BCUT2D eigenvalue weighted by Gasteiger charge is 2.25. The normalized spacial score (nSPS) is 32.6. The van der Waals surface area contributed by atoms with Crippen molar-refractivity contribution in [2.75, 3.05) is 26.2 Å². The van der Waals surface area contributed by atoms with Crippen LogP contribution in [0, 0.1) is 0 Å². The molecule has 0 amide bonds. The van der Waals surface area contributed by atoms with Gasteiger partial charge in [-0.2, -0.15) is 0 Å². The number of nitrogens with one attached hydrogen (secondary N) is 1. The molecule has 0 aromatic rings. The Morgan fingerprint density at radius 1 is 1.13 bits per heavy atom. The van der Waals surface area contributed by atoms with Gasteiger partial charge >= 0.3 is 0 Å². The lowest BCUT2D eigenvalue weighted by Crippen LogP contribution is -2.50. The lowest BCUT2D eigenvalue weighted by molar-refractivity contribution is 0.0398. The Labute approximate surface area is 104 Å². The van der Waals surface area contributed by atoms with E-state index in [1.54, 1.807) is 0 Å². The Kier molecular flexibility index (Phi) is 7.92. The van der Waals surface area contributed by atoms with E-state index in [0.717, 1.165) is 25.9 Å². The molecule has 0 spiro atoms. The van der Waals surface area contributed by atoms with Crippen molar-refractivity contribution >= 4 is 24.8 Å². The van der Waals surface area contributed by atoms with E-state index >= 15 is 0 Å². The minimum Gasteiger partial charge on any atom is -0.392 e. The van der Waals surface area contributed by atoms with Crippen molar-refractivity contribution in [2.24, 2.45) is 0 Å². The fraction of sp³-hybridized carbons (Fsp3) is 1.00. The number of rotatable bonds is 1. The summed E-state index contributed by atoms with van der Waals surface area (Å²) in [6, 6.07) is 0.684. The van der Waals surface area contributed by atoms with E-state index in [1.807, 2.05) is 0 Å². The zero-order valence-electron chi connectivity index (χ0n) is 9.02. The van der Waals surface area contributed by atoms with Crippen molar-refractivity contribution in [1.29, 1.82) is 0 Å². The second-order valence-corrected chi connectivity index (χ2v) is 4.29. The molecule has 0 aromatic carbocycles. The van der Waals surface area contributed by atoms with Gasteiger partial charge in [0.05, 0.1) is 6.10 Å². The maximum absolute atomic E-state index is 9.55. The first-order valence-electron chi connectivity index (χ1n) is 5.49. The zero-order chi connectivity index (χ0) is 9.10. The van der Waals surface area contributed by atoms with Crippen molar-refractivity contribution < 1.29 is 5.11 Å². The summed E-state index contributed by atoms with van der Waals surface area (Å²) in [6.45, 7) is 4.37. The maximum Gasteiger partial charge on any atom is 0.0667 e. The highest BCUT2D eigenvalue weighted by Crippen LogP contribution is 2.16. The maximum atomic E-state index is 9.55. The van der Waals surface area contributed by atoms with Gasteiger partial charge in [-0.15, -0.1) is 24.8 Å². The number of aliphatic hydroxyl groups excluding tert-OH is 1. The largest absolute Gasteiger partial charge is 0.392 e. The topological polar surface area (TPSA) is 35.5 Å². The molecule has 2 aliphatic rings. The van der Waals surface area contributed by atoms with Crippen LogP contribution in [-0.4, -0.2) is 48.3 Å². The molecule has 92 valence electrons. The number of β-amino-alcohol motifs (C(OH)–C–C–N with tert-alkyl or cyclic N) is 1. The Morgan fingerprint density at radius 2 is 1.93 bits per heavy atom. The lowest BCUT2D eigenvalue weighted by atomic mass is 10.0. The molecule has 0 aromatic heterocycles. The highest BCUT2D eigenvalue weighted by atomic mass is 35.5. The second kappa shape index (κ2) is 7.69. The molecule has 2 unspecified atom stereocenters. The van der Waals surface area contributed by atoms with E-state index in [-0.39, 0.29) is 30.9 Å². The van der Waals surface area contributed by atoms with E-state index in [0.29, 0.717) is 6.04 Å². The van der Waals surface area contributed by atoms with Crippen LogP contribution in [0.3, 0.4) is 0 Å². The van der Waals surface area contributed by atoms with Gasteiger partial charge in [0.15, 0.2) is 0 Å². The lowest BCUT2D eigenvalue weighted by Gasteiger charge is -2.38. The summed E-state index contributed by atoms with van der Waals surface area (Å²) in [5.74, 6) is 0. The van der Waals surface area contributed by atoms with E-state index in [1.165, 1.54) is 25.9 Å². The summed E-state index contributed by atoms with van der Waals surface area (Å²) in [6.07, 6.45) is 4.68. The van der Waals surface area contributed by atoms with Crippen molar-refractivity contribution in [1.82, 2.24) is 10.2 Å². The van der Waals surface area contributed by atoms with Crippen LogP contribution in [0.1, 0.15) is 25.7 Å². The minimum atomic E-state index is -0.0734. The quantitative estimate of drug-likeness (QED) is 0.736. The zero-order valence-corrected chi connectivity index (χ0v) is 10.7. The predicted octanol–water partition coefficient (Wildman–Crippen LogP) is 1.04. The van der Waals surface area contributed by atoms with Gasteiger partial charge in [-0.25, -0.2) is 0 Å². The van der Waals surface area contributed by atoms with Crippen LogP contribution in [-0.2, 0) is 0 Å². The SMILES string of the molecule is Cl.Cl.OC1CCCN(C2CCCNC2)C1. The van der Waals surface area contributed by atoms with Crippen LogP contribution in [0.25, 0.3) is 0 Å². The Morgan fingerprint density at radius 3 is 2.53 bits per heavy atom. The van der Waals surface area contributed by atoms with E-state index in [2.05, 4.69) is 10.2 Å². The van der Waals surface area contributed by atoms with Gasteiger partial charge in [0.2, 0.25) is 0 Å². The molecule has 2 heterocycles. The van der Waals surface area contributed by atoms with Crippen molar-refractivity contribution in [3.63, 3.8) is 0 Å². The smallest absolute Gasteiger partial charge is 0.0667 e. The first-order chi connectivity index (χ1) is 6.36. The average Bonchev–Trinajstić information content (AvgIpc) is 2.19. The predicted molar refractivity (Wildman–Crippen MR) is 67.2 cm³/mol. The van der Waals surface area contributed by atoms with E-state index in [9.17, 15) is 5.11 Å². The van der Waals surface area contributed by atoms with Crippen LogP contribution in [0.5, 0.6) is 0 Å². The number of likely N-dealkylation sites (tertiary alicyclic amines) is 1. The number of hydrogen-bond acceptors (Lipinski definition) is 3. The molecule has 0 saturated carbocycles. The molecule has 2 fully saturated rings. The number of nitrogens with zero attached hydrogens (tertiary/aromatic N) is 1. The standard InChI is InChI=1S/C10H20N2O.2ClH/c13-10-4-2-6-12(8-10)9-3-1-5-11-7-9;;/h9-11,13H,1-8H2;2*1H. The van der Waals surface area contributed by atoms with Gasteiger partial charge in [-0.05, 0) is 38.8 Å². The Balaban J connectivity index is 0.000000980. The molecule has 5 heteroatoms. The summed E-state index contributed by atoms with van der Waals surface area (Å²) in [4.78, 5) is 2.46. The van der Waals surface area contributed by atoms with Gasteiger partial charge in [-0.3, -0.25) is 4.90 Å². The molecule has 15 heavy (non-hydrogen) atoms. The van der Waals surface area contributed by atoms with Crippen molar-refractivity contribution in [2.45, 2.75) is 37.8 Å². The Hall–Kier alpha value is 0.460. The summed E-state index contributed by atoms with van der Waals surface area (Å²) in [5.41, 5.74) is 0. The van der Waals surface area contributed by atoms with Crippen LogP contribution in [0.2, 0.25) is 0 Å². The van der Waals surface area contributed by atoms with Gasteiger partial charge in [0.1, 0.15) is 0 Å². The van der Waals surface area contributed by atoms with Crippen LogP contribution in [0.4, 0.5) is 0 Å². The fourth-order valence-corrected chi connectivity index (χ4v) is 2.46. The third kappa shape index (κ3) is 4.45. The second-order valence-electron chi connectivity index (χ2n) is 4.29. The molecule has 0 bridgehead atoms. The van der Waals surface area contributed by atoms with Crippen molar-refractivity contribution in [3.8, 4) is 0 Å². The minimum absolute atomic E-state index is 0. The third-order valence-electron chi connectivity index (χ3n) is 3.22. The molecule has 2 atom stereocenters. The summed E-state index contributed by atoms with van der Waals surface area (Å²) >= 11 is 0. The van der Waals surface area contributed by atoms with Gasteiger partial charge < -0.3 is 10.4 Å². The first kappa shape index (κ1) is 15.5. The van der Waals surface area contributed by atoms with Crippen LogP contribution < -0.4 is 5.32 Å². The molecule has 2 saturated heterocycles. The fourth-order valence-electron chi connectivity index (χ4n) is 2.46. The molecule has 0 aliphatic carbocycles. The number of piperidine rings is 2.